The van der Waals surface area contributed by atoms with Gasteiger partial charge in [-0.1, -0.05) is 12.5 Å². The summed E-state index contributed by atoms with van der Waals surface area (Å²) in [5, 5.41) is 9.47. The summed E-state index contributed by atoms with van der Waals surface area (Å²) < 4.78 is 76.2. The second-order valence-electron chi connectivity index (χ2n) is 11.5. The van der Waals surface area contributed by atoms with Crippen molar-refractivity contribution in [2.75, 3.05) is 39.4 Å². The van der Waals surface area contributed by atoms with Crippen molar-refractivity contribution in [1.82, 2.24) is 9.80 Å². The van der Waals surface area contributed by atoms with Crippen molar-refractivity contribution in [3.63, 3.8) is 0 Å². The highest BCUT2D eigenvalue weighted by Crippen LogP contribution is 2.53. The summed E-state index contributed by atoms with van der Waals surface area (Å²) in [6.07, 6.45) is -0.265. The Morgan fingerprint density at radius 3 is 2.33 bits per heavy atom. The van der Waals surface area contributed by atoms with Crippen LogP contribution in [-0.2, 0) is 0 Å². The van der Waals surface area contributed by atoms with Gasteiger partial charge >= 0.3 is 6.18 Å². The third-order valence-corrected chi connectivity index (χ3v) is 8.93. The molecule has 2 aromatic carbocycles. The molecule has 1 N–H and O–H groups in total. The lowest BCUT2D eigenvalue weighted by atomic mass is 9.67. The second-order valence-corrected chi connectivity index (χ2v) is 11.5. The maximum Gasteiger partial charge on any atom is 0.395 e. The van der Waals surface area contributed by atoms with Crippen LogP contribution in [0.25, 0.3) is 11.1 Å². The Kier molecular flexibility index (Phi) is 8.38. The van der Waals surface area contributed by atoms with Gasteiger partial charge in [0.25, 0.3) is 5.91 Å². The predicted molar refractivity (Wildman–Crippen MR) is 140 cm³/mol. The van der Waals surface area contributed by atoms with Gasteiger partial charge in [0, 0.05) is 24.7 Å². The van der Waals surface area contributed by atoms with Gasteiger partial charge in [0.05, 0.1) is 30.2 Å². The third-order valence-electron chi connectivity index (χ3n) is 8.93. The van der Waals surface area contributed by atoms with Crippen molar-refractivity contribution in [2.45, 2.75) is 57.2 Å². The number of aliphatic hydroxyl groups excluding tert-OH is 1. The summed E-state index contributed by atoms with van der Waals surface area (Å²) in [7, 11) is 0. The van der Waals surface area contributed by atoms with Gasteiger partial charge in [0.1, 0.15) is 17.4 Å². The number of carbonyl (C=O) groups is 1. The second kappa shape index (κ2) is 11.6. The molecule has 2 heterocycles. The number of likely N-dealkylation sites (tertiary alicyclic amines) is 2. The lowest BCUT2D eigenvalue weighted by Gasteiger charge is -2.47. The molecular weight excluding hydrogens is 531 g/mol. The first-order valence-electron chi connectivity index (χ1n) is 14.0. The standard InChI is InChI=1S/C30H35F5N2O3/c31-26-15-21(4-6-25(26)28(39)37-12-1-3-22(37)17-38)24-7-5-23(16-27(24)32)40-18-20-8-13-36(14-9-20)19-29(10-2-11-29)30(33,34)35/h4-7,15-16,20,22,38H,1-3,8-14,17-19H2. The van der Waals surface area contributed by atoms with Crippen LogP contribution in [0.15, 0.2) is 36.4 Å². The van der Waals surface area contributed by atoms with Crippen molar-refractivity contribution in [1.29, 1.82) is 0 Å². The van der Waals surface area contributed by atoms with E-state index in [0.717, 1.165) is 25.3 Å². The number of ether oxygens (including phenoxy) is 1. The van der Waals surface area contributed by atoms with E-state index in [9.17, 15) is 31.9 Å². The summed E-state index contributed by atoms with van der Waals surface area (Å²) in [5.41, 5.74) is -1.21. The minimum absolute atomic E-state index is 0.0634. The Bertz CT molecular complexity index is 1210. The molecule has 40 heavy (non-hydrogen) atoms. The predicted octanol–water partition coefficient (Wildman–Crippen LogP) is 6.05. The van der Waals surface area contributed by atoms with Crippen molar-refractivity contribution >= 4 is 5.91 Å². The summed E-state index contributed by atoms with van der Waals surface area (Å²) in [5.74, 6) is -1.34. The number of benzene rings is 2. The number of piperidine rings is 1. The molecule has 2 saturated heterocycles. The largest absolute Gasteiger partial charge is 0.493 e. The van der Waals surface area contributed by atoms with Crippen LogP contribution in [0.1, 0.15) is 55.3 Å². The molecule has 10 heteroatoms. The number of alkyl halides is 3. The Morgan fingerprint density at radius 2 is 1.73 bits per heavy atom. The molecule has 0 aromatic heterocycles. The number of aliphatic hydroxyl groups is 1. The van der Waals surface area contributed by atoms with E-state index in [2.05, 4.69) is 0 Å². The Balaban J connectivity index is 1.15. The Hall–Kier alpha value is -2.72. The highest BCUT2D eigenvalue weighted by molar-refractivity contribution is 5.95. The topological polar surface area (TPSA) is 53.0 Å². The number of halogens is 5. The third kappa shape index (κ3) is 5.84. The normalized spacial score (nSPS) is 21.9. The fraction of sp³-hybridized carbons (Fsp3) is 0.567. The summed E-state index contributed by atoms with van der Waals surface area (Å²) in [4.78, 5) is 16.2. The van der Waals surface area contributed by atoms with Gasteiger partial charge in [0.15, 0.2) is 0 Å². The van der Waals surface area contributed by atoms with Crippen LogP contribution in [0, 0.1) is 23.0 Å². The molecule has 2 aliphatic heterocycles. The molecule has 1 atom stereocenters. The lowest BCUT2D eigenvalue weighted by Crippen LogP contribution is -2.53. The molecule has 0 spiro atoms. The average Bonchev–Trinajstić information content (AvgIpc) is 3.38. The highest BCUT2D eigenvalue weighted by atomic mass is 19.4. The van der Waals surface area contributed by atoms with Gasteiger partial charge in [-0.25, -0.2) is 8.78 Å². The minimum Gasteiger partial charge on any atom is -0.493 e. The van der Waals surface area contributed by atoms with Gasteiger partial charge in [-0.3, -0.25) is 4.79 Å². The molecule has 1 aliphatic carbocycles. The van der Waals surface area contributed by atoms with Gasteiger partial charge < -0.3 is 19.6 Å². The van der Waals surface area contributed by atoms with E-state index in [-0.39, 0.29) is 54.6 Å². The number of carbonyl (C=O) groups excluding carboxylic acids is 1. The molecule has 1 unspecified atom stereocenters. The van der Waals surface area contributed by atoms with Crippen LogP contribution < -0.4 is 4.74 Å². The molecule has 3 aliphatic rings. The van der Waals surface area contributed by atoms with Crippen molar-refractivity contribution in [2.24, 2.45) is 11.3 Å². The van der Waals surface area contributed by atoms with Crippen LogP contribution in [0.4, 0.5) is 22.0 Å². The van der Waals surface area contributed by atoms with E-state index in [0.29, 0.717) is 44.8 Å². The van der Waals surface area contributed by atoms with E-state index in [1.54, 1.807) is 6.07 Å². The Labute approximate surface area is 230 Å². The molecule has 218 valence electrons. The first-order chi connectivity index (χ1) is 19.1. The average molecular weight is 567 g/mol. The SMILES string of the molecule is O=C(c1ccc(-c2ccc(OCC3CCN(CC4(C(F)(F)F)CCC4)CC3)cc2F)cc1F)N1CCCC1CO. The molecular formula is C30H35F5N2O3. The van der Waals surface area contributed by atoms with Crippen LogP contribution in [0.2, 0.25) is 0 Å². The van der Waals surface area contributed by atoms with Gasteiger partial charge in [0.2, 0.25) is 0 Å². The molecule has 1 amide bonds. The highest BCUT2D eigenvalue weighted by Gasteiger charge is 2.58. The monoisotopic (exact) mass is 566 g/mol. The zero-order valence-corrected chi connectivity index (χ0v) is 22.4. The molecule has 1 saturated carbocycles. The van der Waals surface area contributed by atoms with E-state index < -0.39 is 29.1 Å². The van der Waals surface area contributed by atoms with Crippen molar-refractivity contribution in [3.05, 3.63) is 53.6 Å². The molecule has 5 nitrogen and oxygen atoms in total. The van der Waals surface area contributed by atoms with Crippen molar-refractivity contribution in [3.8, 4) is 16.9 Å². The van der Waals surface area contributed by atoms with Crippen LogP contribution in [0.3, 0.4) is 0 Å². The van der Waals surface area contributed by atoms with E-state index in [4.69, 9.17) is 4.74 Å². The molecule has 3 fully saturated rings. The van der Waals surface area contributed by atoms with Crippen molar-refractivity contribution < 1.29 is 36.6 Å². The van der Waals surface area contributed by atoms with Crippen LogP contribution >= 0.6 is 0 Å². The zero-order valence-electron chi connectivity index (χ0n) is 22.4. The Morgan fingerprint density at radius 1 is 0.975 bits per heavy atom. The fourth-order valence-electron chi connectivity index (χ4n) is 6.21. The number of hydrogen-bond acceptors (Lipinski definition) is 4. The van der Waals surface area contributed by atoms with Gasteiger partial charge in [-0.15, -0.1) is 0 Å². The first kappa shape index (κ1) is 28.8. The maximum absolute atomic E-state index is 15.0. The molecule has 0 radical (unpaired) electrons. The quantitative estimate of drug-likeness (QED) is 0.396. The number of nitrogens with zero attached hydrogens (tertiary/aromatic N) is 2. The zero-order chi connectivity index (χ0) is 28.5. The summed E-state index contributed by atoms with van der Waals surface area (Å²) in [6, 6.07) is 8.00. The fourth-order valence-corrected chi connectivity index (χ4v) is 6.21. The molecule has 0 bridgehead atoms. The number of amides is 1. The van der Waals surface area contributed by atoms with Crippen LogP contribution in [0.5, 0.6) is 5.75 Å². The van der Waals surface area contributed by atoms with Gasteiger partial charge in [-0.05, 0) is 87.4 Å². The number of rotatable bonds is 8. The van der Waals surface area contributed by atoms with E-state index >= 15 is 0 Å². The van der Waals surface area contributed by atoms with E-state index in [1.807, 2.05) is 4.90 Å². The molecule has 5 rings (SSSR count). The number of hydrogen-bond donors (Lipinski definition) is 1. The summed E-state index contributed by atoms with van der Waals surface area (Å²) >= 11 is 0. The van der Waals surface area contributed by atoms with E-state index in [1.165, 1.54) is 29.2 Å². The molecule has 2 aromatic rings. The smallest absolute Gasteiger partial charge is 0.395 e. The van der Waals surface area contributed by atoms with Gasteiger partial charge in [-0.2, -0.15) is 13.2 Å². The van der Waals surface area contributed by atoms with Crippen LogP contribution in [-0.4, -0.2) is 72.4 Å². The minimum atomic E-state index is -4.16. The lowest BCUT2D eigenvalue weighted by molar-refractivity contribution is -0.256. The summed E-state index contributed by atoms with van der Waals surface area (Å²) in [6.45, 7) is 1.86. The maximum atomic E-state index is 15.0. The first-order valence-corrected chi connectivity index (χ1v) is 14.0.